The molecule has 0 saturated carbocycles. The van der Waals surface area contributed by atoms with Gasteiger partial charge in [0.1, 0.15) is 12.2 Å². The van der Waals surface area contributed by atoms with E-state index in [9.17, 15) is 8.42 Å². The Kier molecular flexibility index (Phi) is 5.38. The van der Waals surface area contributed by atoms with Crippen molar-refractivity contribution in [3.63, 3.8) is 0 Å². The summed E-state index contributed by atoms with van der Waals surface area (Å²) in [7, 11) is -3.48. The van der Waals surface area contributed by atoms with E-state index in [0.717, 1.165) is 6.26 Å². The summed E-state index contributed by atoms with van der Waals surface area (Å²) >= 11 is 0. The monoisotopic (exact) mass is 266 g/mol. The molecular formula is C10H18O6S. The number of rotatable bonds is 5. The third kappa shape index (κ3) is 5.49. The van der Waals surface area contributed by atoms with Crippen LogP contribution in [0.2, 0.25) is 0 Å². The van der Waals surface area contributed by atoms with Gasteiger partial charge in [0.2, 0.25) is 0 Å². The molecule has 0 aliphatic carbocycles. The quantitative estimate of drug-likeness (QED) is 0.537. The van der Waals surface area contributed by atoms with E-state index in [2.05, 4.69) is 0 Å². The first-order valence-corrected chi connectivity index (χ1v) is 7.12. The van der Waals surface area contributed by atoms with E-state index in [-0.39, 0.29) is 12.7 Å². The summed E-state index contributed by atoms with van der Waals surface area (Å²) in [6, 6.07) is 0. The zero-order valence-electron chi connectivity index (χ0n) is 10.2. The zero-order valence-corrected chi connectivity index (χ0v) is 11.0. The van der Waals surface area contributed by atoms with Crippen LogP contribution in [0.4, 0.5) is 0 Å². The Morgan fingerprint density at radius 1 is 1.47 bits per heavy atom. The van der Waals surface area contributed by atoms with Gasteiger partial charge in [-0.1, -0.05) is 6.08 Å². The Hall–Kier alpha value is -0.630. The van der Waals surface area contributed by atoms with Crippen molar-refractivity contribution in [1.82, 2.24) is 0 Å². The van der Waals surface area contributed by atoms with Gasteiger partial charge in [0, 0.05) is 0 Å². The predicted molar refractivity (Wildman–Crippen MR) is 60.8 cm³/mol. The molecule has 1 heterocycles. The molecule has 0 amide bonds. The average molecular weight is 266 g/mol. The van der Waals surface area contributed by atoms with E-state index < -0.39 is 22.5 Å². The molecule has 1 aliphatic heterocycles. The van der Waals surface area contributed by atoms with Gasteiger partial charge in [0.05, 0.1) is 25.7 Å². The molecular weight excluding hydrogens is 248 g/mol. The lowest BCUT2D eigenvalue weighted by atomic mass is 10.2. The zero-order chi connectivity index (χ0) is 12.9. The van der Waals surface area contributed by atoms with Crippen LogP contribution in [-0.4, -0.2) is 46.4 Å². The van der Waals surface area contributed by atoms with E-state index >= 15 is 0 Å². The molecule has 100 valence electrons. The molecule has 0 radical (unpaired) electrons. The second kappa shape index (κ2) is 6.34. The van der Waals surface area contributed by atoms with Crippen LogP contribution >= 0.6 is 0 Å². The first-order chi connectivity index (χ1) is 7.92. The van der Waals surface area contributed by atoms with Gasteiger partial charge in [0.25, 0.3) is 10.1 Å². The van der Waals surface area contributed by atoms with E-state index in [1.54, 1.807) is 13.0 Å². The van der Waals surface area contributed by atoms with E-state index in [1.807, 2.05) is 6.92 Å². The number of ether oxygens (including phenoxy) is 3. The first kappa shape index (κ1) is 14.4. The minimum absolute atomic E-state index is 0.0746. The fourth-order valence-corrected chi connectivity index (χ4v) is 1.74. The van der Waals surface area contributed by atoms with Crippen molar-refractivity contribution in [2.45, 2.75) is 32.3 Å². The van der Waals surface area contributed by atoms with Crippen LogP contribution in [0.15, 0.2) is 12.3 Å². The van der Waals surface area contributed by atoms with E-state index in [4.69, 9.17) is 18.4 Å². The summed E-state index contributed by atoms with van der Waals surface area (Å²) in [5.74, 6) is 0. The molecule has 0 aromatic rings. The van der Waals surface area contributed by atoms with E-state index in [0.29, 0.717) is 6.61 Å². The lowest BCUT2D eigenvalue weighted by Gasteiger charge is -2.34. The normalized spacial score (nSPS) is 30.6. The van der Waals surface area contributed by atoms with Crippen molar-refractivity contribution in [3.8, 4) is 0 Å². The number of hydrogen-bond acceptors (Lipinski definition) is 6. The van der Waals surface area contributed by atoms with Crippen LogP contribution in [0.5, 0.6) is 0 Å². The van der Waals surface area contributed by atoms with Crippen LogP contribution in [0.25, 0.3) is 0 Å². The predicted octanol–water partition coefficient (Wildman–Crippen LogP) is 0.643. The minimum atomic E-state index is -3.48. The van der Waals surface area contributed by atoms with Gasteiger partial charge >= 0.3 is 0 Å². The first-order valence-electron chi connectivity index (χ1n) is 5.30. The number of hydrogen-bond donors (Lipinski definition) is 0. The minimum Gasteiger partial charge on any atom is -0.493 e. The summed E-state index contributed by atoms with van der Waals surface area (Å²) in [6.45, 7) is 3.81. The van der Waals surface area contributed by atoms with Crippen LogP contribution in [0.3, 0.4) is 0 Å². The fourth-order valence-electron chi connectivity index (χ4n) is 1.35. The highest BCUT2D eigenvalue weighted by atomic mass is 32.2. The molecule has 0 spiro atoms. The van der Waals surface area contributed by atoms with Gasteiger partial charge in [0.15, 0.2) is 6.29 Å². The van der Waals surface area contributed by atoms with Crippen molar-refractivity contribution in [3.05, 3.63) is 12.3 Å². The molecule has 1 aliphatic rings. The highest BCUT2D eigenvalue weighted by Crippen LogP contribution is 2.17. The van der Waals surface area contributed by atoms with Gasteiger partial charge in [-0.05, 0) is 13.8 Å². The van der Waals surface area contributed by atoms with Gasteiger partial charge in [-0.2, -0.15) is 8.42 Å². The molecule has 6 nitrogen and oxygen atoms in total. The molecule has 0 N–H and O–H groups in total. The van der Waals surface area contributed by atoms with Gasteiger partial charge in [-0.15, -0.1) is 0 Å². The molecule has 7 heteroatoms. The van der Waals surface area contributed by atoms with Gasteiger partial charge < -0.3 is 14.2 Å². The van der Waals surface area contributed by atoms with Crippen molar-refractivity contribution in [1.29, 1.82) is 0 Å². The Balaban J connectivity index is 2.55. The highest BCUT2D eigenvalue weighted by molar-refractivity contribution is 7.85. The summed E-state index contributed by atoms with van der Waals surface area (Å²) in [6.07, 6.45) is 3.01. The summed E-state index contributed by atoms with van der Waals surface area (Å²) < 4.78 is 42.6. The van der Waals surface area contributed by atoms with Gasteiger partial charge in [-0.3, -0.25) is 4.18 Å². The molecule has 0 bridgehead atoms. The third-order valence-electron chi connectivity index (χ3n) is 2.11. The summed E-state index contributed by atoms with van der Waals surface area (Å²) in [5.41, 5.74) is 0. The maximum atomic E-state index is 10.9. The third-order valence-corrected chi connectivity index (χ3v) is 2.68. The Morgan fingerprint density at radius 3 is 2.76 bits per heavy atom. The van der Waals surface area contributed by atoms with Gasteiger partial charge in [-0.25, -0.2) is 0 Å². The molecule has 1 rings (SSSR count). The Morgan fingerprint density at radius 2 is 2.18 bits per heavy atom. The van der Waals surface area contributed by atoms with Crippen LogP contribution < -0.4 is 0 Å². The lowest BCUT2D eigenvalue weighted by molar-refractivity contribution is -0.249. The molecule has 0 aromatic carbocycles. The van der Waals surface area contributed by atoms with Crippen molar-refractivity contribution in [2.24, 2.45) is 0 Å². The Bertz CT molecular complexity index is 350. The molecule has 1 fully saturated rings. The summed E-state index contributed by atoms with van der Waals surface area (Å²) in [4.78, 5) is 0. The summed E-state index contributed by atoms with van der Waals surface area (Å²) in [5, 5.41) is 0. The van der Waals surface area contributed by atoms with Crippen LogP contribution in [0, 0.1) is 0 Å². The molecule has 1 saturated heterocycles. The van der Waals surface area contributed by atoms with Crippen molar-refractivity contribution < 1.29 is 26.8 Å². The fraction of sp³-hybridized carbons (Fsp3) is 0.800. The largest absolute Gasteiger partial charge is 0.493 e. The van der Waals surface area contributed by atoms with Crippen LogP contribution in [-0.2, 0) is 28.5 Å². The van der Waals surface area contributed by atoms with Crippen molar-refractivity contribution in [2.75, 3.05) is 19.5 Å². The van der Waals surface area contributed by atoms with E-state index in [1.165, 1.54) is 6.26 Å². The standard InChI is InChI=1S/C10H18O6S/c1-4-5-13-9-6-14-8(2)16-10(9)7-15-17(3,11)12/h4-5,8-10H,6-7H2,1-3H3/b5-4+/t8-,9-,10+/m1/s1. The SMILES string of the molecule is C/C=C/O[C@@H]1CO[C@@H](C)O[C@H]1COS(C)(=O)=O. The molecule has 0 unspecified atom stereocenters. The maximum Gasteiger partial charge on any atom is 0.264 e. The topological polar surface area (TPSA) is 71.1 Å². The lowest BCUT2D eigenvalue weighted by Crippen LogP contribution is -2.46. The maximum absolute atomic E-state index is 10.9. The molecule has 17 heavy (non-hydrogen) atoms. The molecule has 0 aromatic heterocycles. The second-order valence-corrected chi connectivity index (χ2v) is 5.35. The average Bonchev–Trinajstić information content (AvgIpc) is 2.24. The second-order valence-electron chi connectivity index (χ2n) is 3.71. The van der Waals surface area contributed by atoms with Crippen molar-refractivity contribution >= 4 is 10.1 Å². The van der Waals surface area contributed by atoms with Crippen LogP contribution in [0.1, 0.15) is 13.8 Å². The highest BCUT2D eigenvalue weighted by Gasteiger charge is 2.32. The smallest absolute Gasteiger partial charge is 0.264 e. The molecule has 3 atom stereocenters. The number of allylic oxidation sites excluding steroid dienone is 1. The Labute approximate surface area is 102 Å².